The molecule has 78 heavy (non-hydrogen) atoms. The van der Waals surface area contributed by atoms with E-state index >= 15 is 0 Å². The summed E-state index contributed by atoms with van der Waals surface area (Å²) in [5, 5.41) is 0. The lowest BCUT2D eigenvalue weighted by atomic mass is 10.0. The maximum Gasteiger partial charge on any atom is 0.306 e. The number of hydrogen-bond acceptors (Lipinski definition) is 6. The summed E-state index contributed by atoms with van der Waals surface area (Å²) in [6, 6.07) is 0. The first kappa shape index (κ1) is 75.4. The molecular weight excluding hydrogens is 961 g/mol. The Morgan fingerprint density at radius 1 is 0.269 bits per heavy atom. The average molecular weight is 1090 g/mol. The minimum Gasteiger partial charge on any atom is -0.462 e. The van der Waals surface area contributed by atoms with Crippen LogP contribution in [0.2, 0.25) is 0 Å². The van der Waals surface area contributed by atoms with Crippen molar-refractivity contribution in [2.75, 3.05) is 13.2 Å². The first-order valence-electron chi connectivity index (χ1n) is 34.6. The van der Waals surface area contributed by atoms with Crippen molar-refractivity contribution in [1.29, 1.82) is 0 Å². The molecule has 0 aromatic rings. The zero-order valence-electron chi connectivity index (χ0n) is 52.5. The van der Waals surface area contributed by atoms with Crippen LogP contribution < -0.4 is 0 Å². The molecule has 6 heteroatoms. The van der Waals surface area contributed by atoms with Crippen molar-refractivity contribution in [3.8, 4) is 0 Å². The summed E-state index contributed by atoms with van der Waals surface area (Å²) in [5.74, 6) is -0.860. The Hall–Kier alpha value is -2.63. The van der Waals surface area contributed by atoms with Gasteiger partial charge in [0.15, 0.2) is 6.10 Å². The van der Waals surface area contributed by atoms with Gasteiger partial charge in [-0.3, -0.25) is 14.4 Å². The second kappa shape index (κ2) is 66.9. The van der Waals surface area contributed by atoms with Gasteiger partial charge in [0, 0.05) is 19.3 Å². The van der Waals surface area contributed by atoms with E-state index in [1.165, 1.54) is 244 Å². The monoisotopic (exact) mass is 1090 g/mol. The summed E-state index contributed by atoms with van der Waals surface area (Å²) in [6.07, 6.45) is 84.9. The zero-order valence-corrected chi connectivity index (χ0v) is 52.5. The number of carbonyl (C=O) groups excluding carboxylic acids is 3. The van der Waals surface area contributed by atoms with Crippen LogP contribution in [0.3, 0.4) is 0 Å². The maximum absolute atomic E-state index is 12.9. The topological polar surface area (TPSA) is 78.9 Å². The molecule has 456 valence electrons. The Kier molecular flexibility index (Phi) is 64.6. The van der Waals surface area contributed by atoms with E-state index in [4.69, 9.17) is 14.2 Å². The number of unbranched alkanes of at least 4 members (excludes halogenated alkanes) is 45. The summed E-state index contributed by atoms with van der Waals surface area (Å²) in [7, 11) is 0. The van der Waals surface area contributed by atoms with Gasteiger partial charge in [-0.2, -0.15) is 0 Å². The fourth-order valence-electron chi connectivity index (χ4n) is 10.4. The minimum absolute atomic E-state index is 0.0683. The van der Waals surface area contributed by atoms with E-state index in [0.717, 1.165) is 89.9 Å². The zero-order chi connectivity index (χ0) is 56.4. The fourth-order valence-corrected chi connectivity index (χ4v) is 10.4. The predicted molar refractivity (Wildman–Crippen MR) is 339 cm³/mol. The second-order valence-corrected chi connectivity index (χ2v) is 23.4. The molecule has 0 saturated heterocycles. The summed E-state index contributed by atoms with van der Waals surface area (Å²) in [4.78, 5) is 38.0. The average Bonchev–Trinajstić information content (AvgIpc) is 3.44. The first-order valence-corrected chi connectivity index (χ1v) is 34.6. The highest BCUT2D eigenvalue weighted by molar-refractivity contribution is 5.71. The summed E-state index contributed by atoms with van der Waals surface area (Å²) in [6.45, 7) is 6.51. The van der Waals surface area contributed by atoms with E-state index in [0.29, 0.717) is 19.3 Å². The Balaban J connectivity index is 3.94. The van der Waals surface area contributed by atoms with E-state index in [1.807, 2.05) is 0 Å². The SMILES string of the molecule is CC/C=C\C/C=C\C/C=C\C/C=C\CCCCCCCCCCCCCCCCC(=O)OC(COC(=O)CCCCCCC)COC(=O)CCCCCCCCCCCCCCCCCCCCCCCCCCCCCC. The molecule has 0 bridgehead atoms. The van der Waals surface area contributed by atoms with Crippen LogP contribution in [0.4, 0.5) is 0 Å². The highest BCUT2D eigenvalue weighted by Gasteiger charge is 2.19. The molecule has 0 N–H and O–H groups in total. The van der Waals surface area contributed by atoms with Crippen molar-refractivity contribution in [2.45, 2.75) is 380 Å². The van der Waals surface area contributed by atoms with Gasteiger partial charge in [-0.05, 0) is 57.8 Å². The van der Waals surface area contributed by atoms with Crippen molar-refractivity contribution in [2.24, 2.45) is 0 Å². The molecule has 0 saturated carbocycles. The third-order valence-electron chi connectivity index (χ3n) is 15.6. The molecule has 0 aliphatic rings. The van der Waals surface area contributed by atoms with Crippen LogP contribution in [-0.4, -0.2) is 37.2 Å². The predicted octanol–water partition coefficient (Wildman–Crippen LogP) is 23.7. The van der Waals surface area contributed by atoms with Gasteiger partial charge in [-0.1, -0.05) is 345 Å². The highest BCUT2D eigenvalue weighted by Crippen LogP contribution is 2.19. The van der Waals surface area contributed by atoms with Gasteiger partial charge in [-0.15, -0.1) is 0 Å². The van der Waals surface area contributed by atoms with Crippen LogP contribution in [0.1, 0.15) is 374 Å². The van der Waals surface area contributed by atoms with Crippen LogP contribution >= 0.6 is 0 Å². The highest BCUT2D eigenvalue weighted by atomic mass is 16.6. The van der Waals surface area contributed by atoms with Gasteiger partial charge in [0.2, 0.25) is 0 Å². The van der Waals surface area contributed by atoms with Gasteiger partial charge in [0.1, 0.15) is 13.2 Å². The second-order valence-electron chi connectivity index (χ2n) is 23.4. The van der Waals surface area contributed by atoms with Crippen molar-refractivity contribution in [3.63, 3.8) is 0 Å². The molecule has 0 fully saturated rings. The molecule has 0 aromatic heterocycles. The standard InChI is InChI=1S/C72H132O6/c1-4-7-10-13-15-17-19-21-23-25-27-29-31-33-35-37-38-40-42-44-46-48-50-52-54-56-59-62-65-71(74)77-68-69(67-76-70(73)64-61-58-12-9-6-3)78-72(75)66-63-60-57-55-53-51-49-47-45-43-41-39-36-34-32-30-28-26-24-22-20-18-16-14-11-8-5-2/h8,11,16,18,22,24,28,30,69H,4-7,9-10,12-15,17,19-21,23,25-27,29,31-68H2,1-3H3/b11-8-,18-16-,24-22-,30-28-. The fraction of sp³-hybridized carbons (Fsp3) is 0.847. The molecule has 0 amide bonds. The molecule has 1 atom stereocenters. The Morgan fingerprint density at radius 2 is 0.500 bits per heavy atom. The normalized spacial score (nSPS) is 12.3. The number of ether oxygens (including phenoxy) is 3. The number of rotatable bonds is 64. The maximum atomic E-state index is 12.9. The first-order chi connectivity index (χ1) is 38.5. The van der Waals surface area contributed by atoms with Crippen molar-refractivity contribution >= 4 is 17.9 Å². The van der Waals surface area contributed by atoms with Crippen LogP contribution in [0.15, 0.2) is 48.6 Å². The van der Waals surface area contributed by atoms with Crippen molar-refractivity contribution in [3.05, 3.63) is 48.6 Å². The van der Waals surface area contributed by atoms with Crippen molar-refractivity contribution < 1.29 is 28.6 Å². The number of allylic oxidation sites excluding steroid dienone is 8. The molecular formula is C72H132O6. The van der Waals surface area contributed by atoms with Gasteiger partial charge in [-0.25, -0.2) is 0 Å². The molecule has 0 aliphatic heterocycles. The van der Waals surface area contributed by atoms with Crippen LogP contribution in [0.25, 0.3) is 0 Å². The number of hydrogen-bond donors (Lipinski definition) is 0. The van der Waals surface area contributed by atoms with E-state index < -0.39 is 6.10 Å². The summed E-state index contributed by atoms with van der Waals surface area (Å²) in [5.41, 5.74) is 0. The van der Waals surface area contributed by atoms with Crippen LogP contribution in [0.5, 0.6) is 0 Å². The molecule has 0 aromatic carbocycles. The smallest absolute Gasteiger partial charge is 0.306 e. The van der Waals surface area contributed by atoms with Gasteiger partial charge >= 0.3 is 17.9 Å². The summed E-state index contributed by atoms with van der Waals surface area (Å²) >= 11 is 0. The molecule has 0 radical (unpaired) electrons. The lowest BCUT2D eigenvalue weighted by Crippen LogP contribution is -2.30. The Labute approximate surface area is 486 Å². The third kappa shape index (κ3) is 64.2. The van der Waals surface area contributed by atoms with Gasteiger partial charge in [0.25, 0.3) is 0 Å². The molecule has 6 nitrogen and oxygen atoms in total. The Bertz CT molecular complexity index is 1350. The minimum atomic E-state index is -0.768. The van der Waals surface area contributed by atoms with Gasteiger partial charge in [0.05, 0.1) is 0 Å². The molecule has 0 aliphatic carbocycles. The molecule has 0 heterocycles. The molecule has 1 unspecified atom stereocenters. The van der Waals surface area contributed by atoms with Crippen LogP contribution in [0, 0.1) is 0 Å². The van der Waals surface area contributed by atoms with Crippen molar-refractivity contribution in [1.82, 2.24) is 0 Å². The van der Waals surface area contributed by atoms with Crippen LogP contribution in [-0.2, 0) is 28.6 Å². The lowest BCUT2D eigenvalue weighted by Gasteiger charge is -2.18. The number of carbonyl (C=O) groups is 3. The Morgan fingerprint density at radius 3 is 0.782 bits per heavy atom. The van der Waals surface area contributed by atoms with E-state index in [9.17, 15) is 14.4 Å². The quantitative estimate of drug-likeness (QED) is 0.0261. The summed E-state index contributed by atoms with van der Waals surface area (Å²) < 4.78 is 16.8. The number of esters is 3. The van der Waals surface area contributed by atoms with E-state index in [1.54, 1.807) is 0 Å². The van der Waals surface area contributed by atoms with Gasteiger partial charge < -0.3 is 14.2 Å². The molecule has 0 spiro atoms. The van der Waals surface area contributed by atoms with E-state index in [2.05, 4.69) is 69.4 Å². The van der Waals surface area contributed by atoms with E-state index in [-0.39, 0.29) is 31.1 Å². The third-order valence-corrected chi connectivity index (χ3v) is 15.6. The largest absolute Gasteiger partial charge is 0.462 e. The lowest BCUT2D eigenvalue weighted by molar-refractivity contribution is -0.167. The molecule has 0 rings (SSSR count).